The van der Waals surface area contributed by atoms with E-state index in [9.17, 15) is 4.79 Å². The van der Waals surface area contributed by atoms with Crippen LogP contribution in [0.25, 0.3) is 0 Å². The van der Waals surface area contributed by atoms with E-state index in [1.54, 1.807) is 19.5 Å². The summed E-state index contributed by atoms with van der Waals surface area (Å²) in [5, 5.41) is 8.02. The number of aromatic nitrogens is 2. The number of amides is 1. The summed E-state index contributed by atoms with van der Waals surface area (Å²) in [4.78, 5) is 14.2. The predicted octanol–water partition coefficient (Wildman–Crippen LogP) is 3.71. The molecular formula is C19H18BrN5O. The van der Waals surface area contributed by atoms with Gasteiger partial charge in [0, 0.05) is 25.5 Å². The van der Waals surface area contributed by atoms with Crippen molar-refractivity contribution in [1.82, 2.24) is 15.2 Å². The molecule has 3 rings (SSSR count). The fourth-order valence-electron chi connectivity index (χ4n) is 2.47. The van der Waals surface area contributed by atoms with Crippen LogP contribution in [0.4, 0.5) is 11.4 Å². The van der Waals surface area contributed by atoms with Crippen LogP contribution >= 0.6 is 15.9 Å². The molecule has 132 valence electrons. The normalized spacial score (nSPS) is 10.9. The minimum atomic E-state index is -0.325. The van der Waals surface area contributed by atoms with Crippen molar-refractivity contribution in [3.63, 3.8) is 0 Å². The molecule has 3 aromatic rings. The van der Waals surface area contributed by atoms with Crippen molar-refractivity contribution >= 4 is 39.4 Å². The number of hydrogen-bond acceptors (Lipinski definition) is 4. The summed E-state index contributed by atoms with van der Waals surface area (Å²) in [6.07, 6.45) is 3.18. The van der Waals surface area contributed by atoms with Gasteiger partial charge >= 0.3 is 0 Å². The molecule has 7 heteroatoms. The lowest BCUT2D eigenvalue weighted by atomic mass is 10.2. The van der Waals surface area contributed by atoms with Crippen molar-refractivity contribution in [2.24, 2.45) is 12.1 Å². The summed E-state index contributed by atoms with van der Waals surface area (Å²) < 4.78 is 2.12. The van der Waals surface area contributed by atoms with Gasteiger partial charge in [-0.15, -0.1) is 0 Å². The van der Waals surface area contributed by atoms with Gasteiger partial charge in [-0.2, -0.15) is 10.2 Å². The zero-order chi connectivity index (χ0) is 18.5. The monoisotopic (exact) mass is 411 g/mol. The largest absolute Gasteiger partial charge is 0.345 e. The third-order valence-corrected chi connectivity index (χ3v) is 4.49. The van der Waals surface area contributed by atoms with Crippen LogP contribution < -0.4 is 10.3 Å². The Bertz CT molecular complexity index is 899. The number of carbonyl (C=O) groups excluding carboxylic acids is 1. The maximum Gasteiger partial charge on any atom is 0.290 e. The van der Waals surface area contributed by atoms with E-state index in [-0.39, 0.29) is 5.91 Å². The summed E-state index contributed by atoms with van der Waals surface area (Å²) in [5.41, 5.74) is 5.99. The first-order valence-corrected chi connectivity index (χ1v) is 8.75. The van der Waals surface area contributed by atoms with E-state index in [2.05, 4.69) is 48.6 Å². The maximum atomic E-state index is 12.1. The number of para-hydroxylation sites is 1. The smallest absolute Gasteiger partial charge is 0.290 e. The first kappa shape index (κ1) is 17.9. The van der Waals surface area contributed by atoms with Gasteiger partial charge in [0.25, 0.3) is 5.91 Å². The number of hydrazone groups is 1. The van der Waals surface area contributed by atoms with Crippen molar-refractivity contribution in [3.8, 4) is 0 Å². The van der Waals surface area contributed by atoms with E-state index in [1.807, 2.05) is 49.5 Å². The number of carbonyl (C=O) groups is 1. The van der Waals surface area contributed by atoms with E-state index in [4.69, 9.17) is 0 Å². The minimum Gasteiger partial charge on any atom is -0.345 e. The predicted molar refractivity (Wildman–Crippen MR) is 107 cm³/mol. The van der Waals surface area contributed by atoms with E-state index >= 15 is 0 Å². The van der Waals surface area contributed by atoms with Gasteiger partial charge in [0.15, 0.2) is 0 Å². The van der Waals surface area contributed by atoms with Crippen molar-refractivity contribution in [2.45, 2.75) is 0 Å². The molecule has 0 aliphatic carbocycles. The van der Waals surface area contributed by atoms with E-state index in [1.165, 1.54) is 4.68 Å². The van der Waals surface area contributed by atoms with Crippen LogP contribution in [0.5, 0.6) is 0 Å². The molecule has 26 heavy (non-hydrogen) atoms. The number of nitrogens with one attached hydrogen (secondary N) is 1. The Hall–Kier alpha value is -2.93. The number of hydrogen-bond donors (Lipinski definition) is 1. The fraction of sp³-hybridized carbons (Fsp3) is 0.105. The highest BCUT2D eigenvalue weighted by molar-refractivity contribution is 9.10. The summed E-state index contributed by atoms with van der Waals surface area (Å²) in [5.74, 6) is -0.325. The van der Waals surface area contributed by atoms with Crippen LogP contribution in [-0.4, -0.2) is 28.9 Å². The molecule has 0 saturated carbocycles. The summed E-state index contributed by atoms with van der Waals surface area (Å²) >= 11 is 3.29. The van der Waals surface area contributed by atoms with E-state index in [0.717, 1.165) is 16.9 Å². The van der Waals surface area contributed by atoms with Crippen LogP contribution in [0, 0.1) is 0 Å². The Morgan fingerprint density at radius 3 is 2.42 bits per heavy atom. The molecule has 1 amide bonds. The van der Waals surface area contributed by atoms with Gasteiger partial charge in [-0.3, -0.25) is 9.48 Å². The molecule has 1 aromatic heterocycles. The van der Waals surface area contributed by atoms with Crippen LogP contribution in [0.1, 0.15) is 16.1 Å². The van der Waals surface area contributed by atoms with Crippen molar-refractivity contribution in [2.75, 3.05) is 11.9 Å². The second-order valence-corrected chi connectivity index (χ2v) is 6.50. The highest BCUT2D eigenvalue weighted by atomic mass is 79.9. The highest BCUT2D eigenvalue weighted by Crippen LogP contribution is 2.22. The maximum absolute atomic E-state index is 12.1. The molecule has 0 fully saturated rings. The zero-order valence-corrected chi connectivity index (χ0v) is 16.0. The Morgan fingerprint density at radius 2 is 1.81 bits per heavy atom. The molecule has 2 aromatic carbocycles. The topological polar surface area (TPSA) is 62.5 Å². The molecule has 0 aliphatic heterocycles. The number of halogens is 1. The quantitative estimate of drug-likeness (QED) is 0.513. The summed E-state index contributed by atoms with van der Waals surface area (Å²) in [7, 11) is 3.72. The number of nitrogens with zero attached hydrogens (tertiary/aromatic N) is 4. The molecule has 0 radical (unpaired) electrons. The van der Waals surface area contributed by atoms with Crippen LogP contribution in [0.3, 0.4) is 0 Å². The van der Waals surface area contributed by atoms with Crippen molar-refractivity contribution in [1.29, 1.82) is 0 Å². The first-order valence-electron chi connectivity index (χ1n) is 7.96. The molecule has 0 saturated heterocycles. The Balaban J connectivity index is 1.64. The Kier molecular flexibility index (Phi) is 5.48. The van der Waals surface area contributed by atoms with Crippen LogP contribution in [0.2, 0.25) is 0 Å². The lowest BCUT2D eigenvalue weighted by molar-refractivity contribution is 0.0945. The van der Waals surface area contributed by atoms with Gasteiger partial charge in [-0.05, 0) is 45.8 Å². The van der Waals surface area contributed by atoms with Gasteiger partial charge in [0.2, 0.25) is 0 Å². The zero-order valence-electron chi connectivity index (χ0n) is 14.4. The number of aryl methyl sites for hydroxylation is 1. The van der Waals surface area contributed by atoms with E-state index in [0.29, 0.717) is 10.2 Å². The summed E-state index contributed by atoms with van der Waals surface area (Å²) in [6, 6.07) is 18.0. The molecule has 0 spiro atoms. The molecular weight excluding hydrogens is 394 g/mol. The molecule has 0 aliphatic rings. The third kappa shape index (κ3) is 4.00. The second-order valence-electron chi connectivity index (χ2n) is 5.65. The Labute approximate surface area is 160 Å². The molecule has 0 unspecified atom stereocenters. The minimum absolute atomic E-state index is 0.325. The third-order valence-electron chi connectivity index (χ3n) is 3.91. The van der Waals surface area contributed by atoms with Gasteiger partial charge in [0.05, 0.1) is 16.9 Å². The standard InChI is InChI=1S/C19H18BrN5O/c1-24(15-6-4-3-5-7-15)16-10-8-14(9-11-16)12-21-23-19(26)18-17(20)13-22-25(18)2/h3-13H,1-2H3,(H,23,26)/b21-12-. The average Bonchev–Trinajstić information content (AvgIpc) is 3.01. The fourth-order valence-corrected chi connectivity index (χ4v) is 3.00. The number of anilines is 2. The Morgan fingerprint density at radius 1 is 1.15 bits per heavy atom. The number of rotatable bonds is 5. The molecule has 1 heterocycles. The van der Waals surface area contributed by atoms with Gasteiger partial charge in [-0.25, -0.2) is 5.43 Å². The van der Waals surface area contributed by atoms with Gasteiger partial charge in [0.1, 0.15) is 5.69 Å². The van der Waals surface area contributed by atoms with Crippen molar-refractivity contribution in [3.05, 3.63) is 76.5 Å². The lowest BCUT2D eigenvalue weighted by Crippen LogP contribution is -2.21. The molecule has 0 bridgehead atoms. The number of benzene rings is 2. The SMILES string of the molecule is CN(c1ccccc1)c1ccc(/C=N\NC(=O)c2c(Br)cnn2C)cc1. The molecule has 0 atom stereocenters. The lowest BCUT2D eigenvalue weighted by Gasteiger charge is -2.19. The van der Waals surface area contributed by atoms with Crippen LogP contribution in [-0.2, 0) is 7.05 Å². The van der Waals surface area contributed by atoms with E-state index < -0.39 is 0 Å². The van der Waals surface area contributed by atoms with Gasteiger partial charge < -0.3 is 4.90 Å². The van der Waals surface area contributed by atoms with Crippen LogP contribution in [0.15, 0.2) is 70.4 Å². The molecule has 1 N–H and O–H groups in total. The second kappa shape index (κ2) is 7.97. The van der Waals surface area contributed by atoms with Gasteiger partial charge in [-0.1, -0.05) is 30.3 Å². The highest BCUT2D eigenvalue weighted by Gasteiger charge is 2.14. The van der Waals surface area contributed by atoms with Crippen molar-refractivity contribution < 1.29 is 4.79 Å². The summed E-state index contributed by atoms with van der Waals surface area (Å²) in [6.45, 7) is 0. The molecule has 6 nitrogen and oxygen atoms in total. The first-order chi connectivity index (χ1) is 12.6. The average molecular weight is 412 g/mol.